The number of rotatable bonds is 2. The maximum atomic E-state index is 12.8. The molecule has 0 bridgehead atoms. The number of amides is 1. The lowest BCUT2D eigenvalue weighted by Crippen LogP contribution is -2.52. The molecule has 2 aliphatic heterocycles. The third-order valence-corrected chi connectivity index (χ3v) is 4.45. The molecule has 2 unspecified atom stereocenters. The van der Waals surface area contributed by atoms with Gasteiger partial charge in [-0.3, -0.25) is 9.78 Å². The Morgan fingerprint density at radius 2 is 2.21 bits per heavy atom. The maximum Gasteiger partial charge on any atom is 0.243 e. The molecule has 0 aliphatic carbocycles. The molecule has 1 amide bonds. The summed E-state index contributed by atoms with van der Waals surface area (Å²) < 4.78 is 0. The van der Waals surface area contributed by atoms with Crippen molar-refractivity contribution in [2.24, 2.45) is 0 Å². The average Bonchev–Trinajstić information content (AvgIpc) is 3.08. The fraction of sp³-hybridized carbons (Fsp3) is 0.600. The fourth-order valence-corrected chi connectivity index (χ4v) is 3.34. The molecule has 1 N–H and O–H groups in total. The summed E-state index contributed by atoms with van der Waals surface area (Å²) in [6, 6.07) is 4.29. The summed E-state index contributed by atoms with van der Waals surface area (Å²) >= 11 is 0. The van der Waals surface area contributed by atoms with Crippen molar-refractivity contribution in [2.75, 3.05) is 13.1 Å². The first-order chi connectivity index (χ1) is 9.21. The molecular formula is C15H21N3O. The molecule has 1 aromatic rings. The highest BCUT2D eigenvalue weighted by Crippen LogP contribution is 2.34. The van der Waals surface area contributed by atoms with Gasteiger partial charge in [0.05, 0.1) is 11.6 Å². The molecule has 0 spiro atoms. The molecule has 2 aliphatic rings. The predicted octanol–water partition coefficient (Wildman–Crippen LogP) is 1.89. The molecule has 3 heterocycles. The lowest BCUT2D eigenvalue weighted by Gasteiger charge is -2.33. The summed E-state index contributed by atoms with van der Waals surface area (Å²) in [5.41, 5.74) is 0.859. The SMILES string of the molecule is CC1(C(=O)N2CCCC2c2ccncc2)CCCN1. The van der Waals surface area contributed by atoms with Crippen LogP contribution in [-0.4, -0.2) is 34.4 Å². The highest BCUT2D eigenvalue weighted by Gasteiger charge is 2.42. The van der Waals surface area contributed by atoms with E-state index in [1.165, 1.54) is 5.56 Å². The second-order valence-corrected chi connectivity index (χ2v) is 5.80. The molecule has 102 valence electrons. The molecule has 2 fully saturated rings. The summed E-state index contributed by atoms with van der Waals surface area (Å²) in [7, 11) is 0. The fourth-order valence-electron chi connectivity index (χ4n) is 3.34. The van der Waals surface area contributed by atoms with Crippen molar-refractivity contribution >= 4 is 5.91 Å². The third-order valence-electron chi connectivity index (χ3n) is 4.45. The van der Waals surface area contributed by atoms with Gasteiger partial charge in [-0.1, -0.05) is 0 Å². The van der Waals surface area contributed by atoms with Crippen LogP contribution in [0.3, 0.4) is 0 Å². The Bertz CT molecular complexity index is 454. The zero-order valence-electron chi connectivity index (χ0n) is 11.4. The number of pyridine rings is 1. The third kappa shape index (κ3) is 2.25. The quantitative estimate of drug-likeness (QED) is 0.882. The first-order valence-electron chi connectivity index (χ1n) is 7.17. The van der Waals surface area contributed by atoms with Gasteiger partial charge in [-0.2, -0.15) is 0 Å². The Morgan fingerprint density at radius 3 is 2.89 bits per heavy atom. The minimum absolute atomic E-state index is 0.231. The molecule has 4 heteroatoms. The Kier molecular flexibility index (Phi) is 3.27. The molecule has 2 atom stereocenters. The predicted molar refractivity (Wildman–Crippen MR) is 73.6 cm³/mol. The van der Waals surface area contributed by atoms with Crippen molar-refractivity contribution in [3.05, 3.63) is 30.1 Å². The monoisotopic (exact) mass is 259 g/mol. The summed E-state index contributed by atoms with van der Waals surface area (Å²) in [5.74, 6) is 0.268. The van der Waals surface area contributed by atoms with Crippen LogP contribution in [0.25, 0.3) is 0 Å². The average molecular weight is 259 g/mol. The van der Waals surface area contributed by atoms with Gasteiger partial charge in [-0.15, -0.1) is 0 Å². The van der Waals surface area contributed by atoms with Gasteiger partial charge in [0.25, 0.3) is 0 Å². The van der Waals surface area contributed by atoms with Crippen molar-refractivity contribution in [1.82, 2.24) is 15.2 Å². The van der Waals surface area contributed by atoms with E-state index in [1.807, 2.05) is 31.5 Å². The second-order valence-electron chi connectivity index (χ2n) is 5.80. The lowest BCUT2D eigenvalue weighted by molar-refractivity contribution is -0.138. The van der Waals surface area contributed by atoms with Crippen molar-refractivity contribution in [1.29, 1.82) is 0 Å². The first-order valence-corrected chi connectivity index (χ1v) is 7.17. The van der Waals surface area contributed by atoms with Gasteiger partial charge in [-0.25, -0.2) is 0 Å². The van der Waals surface area contributed by atoms with Crippen LogP contribution in [0.15, 0.2) is 24.5 Å². The molecule has 2 saturated heterocycles. The van der Waals surface area contributed by atoms with Gasteiger partial charge in [0, 0.05) is 18.9 Å². The zero-order chi connectivity index (χ0) is 13.3. The van der Waals surface area contributed by atoms with Gasteiger partial charge in [-0.05, 0) is 56.8 Å². The number of carbonyl (C=O) groups excluding carboxylic acids is 1. The van der Waals surface area contributed by atoms with Crippen molar-refractivity contribution in [3.63, 3.8) is 0 Å². The number of likely N-dealkylation sites (tertiary alicyclic amines) is 1. The van der Waals surface area contributed by atoms with E-state index in [-0.39, 0.29) is 17.5 Å². The standard InChI is InChI=1S/C15H21N3O/c1-15(7-3-8-17-15)14(19)18-11-2-4-13(18)12-5-9-16-10-6-12/h5-6,9-10,13,17H,2-4,7-8,11H2,1H3. The van der Waals surface area contributed by atoms with Gasteiger partial charge < -0.3 is 10.2 Å². The van der Waals surface area contributed by atoms with Crippen LogP contribution in [-0.2, 0) is 4.79 Å². The summed E-state index contributed by atoms with van der Waals surface area (Å²) in [5, 5.41) is 3.38. The molecule has 0 radical (unpaired) electrons. The summed E-state index contributed by atoms with van der Waals surface area (Å²) in [6.45, 7) is 3.88. The smallest absolute Gasteiger partial charge is 0.243 e. The van der Waals surface area contributed by atoms with E-state index in [0.29, 0.717) is 0 Å². The van der Waals surface area contributed by atoms with E-state index in [1.54, 1.807) is 0 Å². The van der Waals surface area contributed by atoms with Crippen molar-refractivity contribution in [2.45, 2.75) is 44.2 Å². The van der Waals surface area contributed by atoms with Crippen LogP contribution in [0.2, 0.25) is 0 Å². The molecular weight excluding hydrogens is 238 g/mol. The Morgan fingerprint density at radius 1 is 1.42 bits per heavy atom. The minimum Gasteiger partial charge on any atom is -0.334 e. The molecule has 0 aromatic carbocycles. The molecule has 19 heavy (non-hydrogen) atoms. The molecule has 1 aromatic heterocycles. The van der Waals surface area contributed by atoms with Crippen LogP contribution >= 0.6 is 0 Å². The first kappa shape index (κ1) is 12.6. The van der Waals surface area contributed by atoms with Crippen molar-refractivity contribution < 1.29 is 4.79 Å². The highest BCUT2D eigenvalue weighted by atomic mass is 16.2. The second kappa shape index (κ2) is 4.93. The Balaban J connectivity index is 1.82. The van der Waals surface area contributed by atoms with Crippen LogP contribution in [0.1, 0.15) is 44.2 Å². The van der Waals surface area contributed by atoms with Crippen LogP contribution in [0, 0.1) is 0 Å². The maximum absolute atomic E-state index is 12.8. The topological polar surface area (TPSA) is 45.2 Å². The van der Waals surface area contributed by atoms with Crippen molar-refractivity contribution in [3.8, 4) is 0 Å². The molecule has 0 saturated carbocycles. The van der Waals surface area contributed by atoms with Gasteiger partial charge in [0.1, 0.15) is 0 Å². The number of hydrogen-bond donors (Lipinski definition) is 1. The van der Waals surface area contributed by atoms with Crippen LogP contribution in [0.5, 0.6) is 0 Å². The summed E-state index contributed by atoms with van der Waals surface area (Å²) in [6.07, 6.45) is 7.82. The summed E-state index contributed by atoms with van der Waals surface area (Å²) in [4.78, 5) is 18.9. The van der Waals surface area contributed by atoms with E-state index in [2.05, 4.69) is 15.2 Å². The number of nitrogens with zero attached hydrogens (tertiary/aromatic N) is 2. The van der Waals surface area contributed by atoms with Gasteiger partial charge >= 0.3 is 0 Å². The number of carbonyl (C=O) groups is 1. The van der Waals surface area contributed by atoms with Crippen LogP contribution in [0.4, 0.5) is 0 Å². The molecule has 3 rings (SSSR count). The van der Waals surface area contributed by atoms with E-state index < -0.39 is 0 Å². The van der Waals surface area contributed by atoms with Gasteiger partial charge in [0.2, 0.25) is 5.91 Å². The highest BCUT2D eigenvalue weighted by molar-refractivity contribution is 5.87. The number of hydrogen-bond acceptors (Lipinski definition) is 3. The van der Waals surface area contributed by atoms with E-state index in [4.69, 9.17) is 0 Å². The van der Waals surface area contributed by atoms with E-state index in [0.717, 1.165) is 38.8 Å². The normalized spacial score (nSPS) is 30.8. The molecule has 4 nitrogen and oxygen atoms in total. The van der Waals surface area contributed by atoms with E-state index in [9.17, 15) is 4.79 Å². The van der Waals surface area contributed by atoms with Crippen LogP contribution < -0.4 is 5.32 Å². The number of aromatic nitrogens is 1. The van der Waals surface area contributed by atoms with E-state index >= 15 is 0 Å². The Hall–Kier alpha value is -1.42. The minimum atomic E-state index is -0.352. The van der Waals surface area contributed by atoms with Gasteiger partial charge in [0.15, 0.2) is 0 Å². The largest absolute Gasteiger partial charge is 0.334 e. The zero-order valence-corrected chi connectivity index (χ0v) is 11.4. The lowest BCUT2D eigenvalue weighted by atomic mass is 9.97. The number of nitrogens with one attached hydrogen (secondary N) is 1. The Labute approximate surface area is 114 Å².